The van der Waals surface area contributed by atoms with Gasteiger partial charge in [-0.25, -0.2) is 14.2 Å². The lowest BCUT2D eigenvalue weighted by molar-refractivity contribution is -0.137. The van der Waals surface area contributed by atoms with E-state index in [4.69, 9.17) is 0 Å². The molecule has 1 saturated heterocycles. The number of benzene rings is 1. The maximum absolute atomic E-state index is 13.2. The Balaban J connectivity index is 1.44. The Morgan fingerprint density at radius 3 is 2.84 bits per heavy atom. The van der Waals surface area contributed by atoms with Crippen molar-refractivity contribution in [3.8, 4) is 0 Å². The molecule has 0 bridgehead atoms. The van der Waals surface area contributed by atoms with Gasteiger partial charge in [0.2, 0.25) is 0 Å². The summed E-state index contributed by atoms with van der Waals surface area (Å²) >= 11 is 0. The van der Waals surface area contributed by atoms with Gasteiger partial charge in [-0.2, -0.15) is 13.2 Å². The van der Waals surface area contributed by atoms with Crippen LogP contribution in [-0.4, -0.2) is 53.5 Å². The highest BCUT2D eigenvalue weighted by Crippen LogP contribution is 2.32. The highest BCUT2D eigenvalue weighted by molar-refractivity contribution is 5.99. The first-order chi connectivity index (χ1) is 15.2. The summed E-state index contributed by atoms with van der Waals surface area (Å²) in [5.41, 5.74) is 0.586. The summed E-state index contributed by atoms with van der Waals surface area (Å²) < 4.78 is 41.7. The lowest BCUT2D eigenvalue weighted by Gasteiger charge is -2.32. The van der Waals surface area contributed by atoms with Crippen LogP contribution in [0.5, 0.6) is 0 Å². The molecular formula is C20H18F3N7O2. The van der Waals surface area contributed by atoms with Gasteiger partial charge in [-0.3, -0.25) is 14.7 Å². The van der Waals surface area contributed by atoms with Gasteiger partial charge in [0.25, 0.3) is 11.5 Å². The molecule has 166 valence electrons. The zero-order chi connectivity index (χ0) is 22.6. The van der Waals surface area contributed by atoms with E-state index in [1.165, 1.54) is 22.8 Å². The van der Waals surface area contributed by atoms with Crippen molar-refractivity contribution in [3.63, 3.8) is 0 Å². The number of carbonyl (C=O) groups is 1. The molecule has 1 atom stereocenters. The van der Waals surface area contributed by atoms with Crippen molar-refractivity contribution < 1.29 is 18.0 Å². The van der Waals surface area contributed by atoms with Gasteiger partial charge in [-0.05, 0) is 38.0 Å². The molecule has 1 aromatic carbocycles. The third-order valence-corrected chi connectivity index (χ3v) is 5.68. The largest absolute Gasteiger partial charge is 0.416 e. The summed E-state index contributed by atoms with van der Waals surface area (Å²) in [5.74, 6) is -0.283. The van der Waals surface area contributed by atoms with E-state index in [1.54, 1.807) is 16.5 Å². The minimum absolute atomic E-state index is 0.152. The third-order valence-electron chi connectivity index (χ3n) is 5.68. The van der Waals surface area contributed by atoms with E-state index < -0.39 is 11.7 Å². The first-order valence-electron chi connectivity index (χ1n) is 10.0. The fourth-order valence-corrected chi connectivity index (χ4v) is 4.15. The number of halogens is 3. The standard InChI is InChI=1S/C20H18F3N7O2/c1-11-7-17(31)30-18(25-11)14(9-24-30)19(32)28-6-2-3-13(10-28)29-16-5-4-12(20(21,22)23)8-15(16)26-27-29/h4-5,7-9,13,24H,2-3,6,10H2,1H3. The van der Waals surface area contributed by atoms with Crippen LogP contribution in [0.25, 0.3) is 16.7 Å². The molecule has 0 saturated carbocycles. The number of aromatic amines is 1. The van der Waals surface area contributed by atoms with E-state index in [1.807, 2.05) is 0 Å². The van der Waals surface area contributed by atoms with Crippen LogP contribution in [-0.2, 0) is 6.18 Å². The second kappa shape index (κ2) is 7.18. The van der Waals surface area contributed by atoms with Crippen molar-refractivity contribution in [2.45, 2.75) is 32.0 Å². The Kier molecular flexibility index (Phi) is 4.53. The first-order valence-corrected chi connectivity index (χ1v) is 10.0. The Morgan fingerprint density at radius 1 is 1.25 bits per heavy atom. The van der Waals surface area contributed by atoms with Crippen LogP contribution in [0, 0.1) is 6.92 Å². The van der Waals surface area contributed by atoms with Crippen molar-refractivity contribution in [2.75, 3.05) is 13.1 Å². The highest BCUT2D eigenvalue weighted by Gasteiger charge is 2.32. The summed E-state index contributed by atoms with van der Waals surface area (Å²) in [5, 5.41) is 10.7. The van der Waals surface area contributed by atoms with Crippen molar-refractivity contribution in [1.82, 2.24) is 34.5 Å². The molecule has 32 heavy (non-hydrogen) atoms. The lowest BCUT2D eigenvalue weighted by Crippen LogP contribution is -2.41. The average molecular weight is 445 g/mol. The van der Waals surface area contributed by atoms with Crippen LogP contribution < -0.4 is 5.56 Å². The number of H-pyrrole nitrogens is 1. The molecule has 12 heteroatoms. The van der Waals surface area contributed by atoms with E-state index in [0.717, 1.165) is 12.1 Å². The zero-order valence-electron chi connectivity index (χ0n) is 16.9. The number of alkyl halides is 3. The van der Waals surface area contributed by atoms with Crippen LogP contribution >= 0.6 is 0 Å². The number of amides is 1. The summed E-state index contributed by atoms with van der Waals surface area (Å²) in [4.78, 5) is 31.3. The number of nitrogens with zero attached hydrogens (tertiary/aromatic N) is 6. The summed E-state index contributed by atoms with van der Waals surface area (Å²) in [6.45, 7) is 2.50. The number of fused-ring (bicyclic) bond motifs is 2. The lowest BCUT2D eigenvalue weighted by atomic mass is 10.0. The number of carbonyl (C=O) groups excluding carboxylic acids is 1. The molecule has 0 radical (unpaired) electrons. The smallest absolute Gasteiger partial charge is 0.336 e. The number of likely N-dealkylation sites (tertiary alicyclic amines) is 1. The molecule has 9 nitrogen and oxygen atoms in total. The monoisotopic (exact) mass is 445 g/mol. The molecule has 1 aliphatic rings. The van der Waals surface area contributed by atoms with Crippen molar-refractivity contribution in [3.05, 3.63) is 57.6 Å². The van der Waals surface area contributed by atoms with Gasteiger partial charge in [0.1, 0.15) is 11.1 Å². The topological polar surface area (TPSA) is 101 Å². The summed E-state index contributed by atoms with van der Waals surface area (Å²) in [6.07, 6.45) is -1.61. The maximum atomic E-state index is 13.2. The van der Waals surface area contributed by atoms with Gasteiger partial charge in [-0.15, -0.1) is 5.10 Å². The minimum Gasteiger partial charge on any atom is -0.336 e. The highest BCUT2D eigenvalue weighted by atomic mass is 19.4. The SMILES string of the molecule is Cc1cc(=O)n2[nH]cc(C(=O)N3CCCC(n4nnc5cc(C(F)(F)F)ccc54)C3)c2n1. The number of rotatable bonds is 2. The van der Waals surface area contributed by atoms with Gasteiger partial charge < -0.3 is 4.90 Å². The Morgan fingerprint density at radius 2 is 2.06 bits per heavy atom. The first kappa shape index (κ1) is 20.2. The van der Waals surface area contributed by atoms with Gasteiger partial charge in [0, 0.05) is 31.0 Å². The quantitative estimate of drug-likeness (QED) is 0.511. The van der Waals surface area contributed by atoms with E-state index in [9.17, 15) is 22.8 Å². The molecule has 1 fully saturated rings. The van der Waals surface area contributed by atoms with Gasteiger partial charge >= 0.3 is 6.18 Å². The molecule has 5 rings (SSSR count). The van der Waals surface area contributed by atoms with E-state index in [2.05, 4.69) is 20.4 Å². The number of aryl methyl sites for hydroxylation is 1. The van der Waals surface area contributed by atoms with Gasteiger partial charge in [-0.1, -0.05) is 5.21 Å². The van der Waals surface area contributed by atoms with Crippen molar-refractivity contribution in [1.29, 1.82) is 0 Å². The molecule has 4 aromatic rings. The molecule has 1 aliphatic heterocycles. The normalized spacial score (nSPS) is 17.4. The minimum atomic E-state index is -4.46. The van der Waals surface area contributed by atoms with Crippen molar-refractivity contribution in [2.24, 2.45) is 0 Å². The Bertz CT molecular complexity index is 1400. The van der Waals surface area contributed by atoms with Crippen LogP contribution in [0.15, 0.2) is 35.3 Å². The molecule has 0 spiro atoms. The average Bonchev–Trinajstić information content (AvgIpc) is 3.36. The number of hydrogen-bond donors (Lipinski definition) is 1. The molecule has 4 heterocycles. The van der Waals surface area contributed by atoms with Crippen LogP contribution in [0.1, 0.15) is 40.5 Å². The number of hydrogen-bond acceptors (Lipinski definition) is 5. The molecule has 0 aliphatic carbocycles. The Hall–Kier alpha value is -3.70. The maximum Gasteiger partial charge on any atom is 0.416 e. The van der Waals surface area contributed by atoms with Gasteiger partial charge in [0.15, 0.2) is 5.65 Å². The number of nitrogens with one attached hydrogen (secondary N) is 1. The zero-order valence-corrected chi connectivity index (χ0v) is 16.9. The van der Waals surface area contributed by atoms with Crippen LogP contribution in [0.2, 0.25) is 0 Å². The van der Waals surface area contributed by atoms with Crippen LogP contribution in [0.3, 0.4) is 0 Å². The van der Waals surface area contributed by atoms with E-state index in [-0.39, 0.29) is 34.2 Å². The molecule has 1 amide bonds. The molecular weight excluding hydrogens is 427 g/mol. The molecule has 3 aromatic heterocycles. The fourth-order valence-electron chi connectivity index (χ4n) is 4.15. The second-order valence-electron chi connectivity index (χ2n) is 7.86. The van der Waals surface area contributed by atoms with Crippen LogP contribution in [0.4, 0.5) is 13.2 Å². The predicted molar refractivity (Wildman–Crippen MR) is 107 cm³/mol. The summed E-state index contributed by atoms with van der Waals surface area (Å²) in [6, 6.07) is 4.47. The van der Waals surface area contributed by atoms with E-state index >= 15 is 0 Å². The van der Waals surface area contributed by atoms with Gasteiger partial charge in [0.05, 0.1) is 17.1 Å². The Labute approximate surface area is 178 Å². The predicted octanol–water partition coefficient (Wildman–Crippen LogP) is 2.57. The van der Waals surface area contributed by atoms with E-state index in [0.29, 0.717) is 37.1 Å². The number of aromatic nitrogens is 6. The molecule has 1 unspecified atom stereocenters. The number of piperidine rings is 1. The van der Waals surface area contributed by atoms with Crippen molar-refractivity contribution >= 4 is 22.6 Å². The second-order valence-corrected chi connectivity index (χ2v) is 7.86. The third kappa shape index (κ3) is 3.31. The molecule has 1 N–H and O–H groups in total. The summed E-state index contributed by atoms with van der Waals surface area (Å²) in [7, 11) is 0. The fraction of sp³-hybridized carbons (Fsp3) is 0.350.